The van der Waals surface area contributed by atoms with Gasteiger partial charge in [-0.2, -0.15) is 4.98 Å². The van der Waals surface area contributed by atoms with Crippen molar-refractivity contribution in [3.8, 4) is 34.4 Å². The van der Waals surface area contributed by atoms with Crippen LogP contribution in [-0.4, -0.2) is 49.0 Å². The number of rotatable bonds is 6. The van der Waals surface area contributed by atoms with Crippen LogP contribution < -0.4 is 24.3 Å². The van der Waals surface area contributed by atoms with Crippen LogP contribution in [0.25, 0.3) is 11.4 Å². The molecule has 0 saturated carbocycles. The van der Waals surface area contributed by atoms with E-state index in [4.69, 9.17) is 29.0 Å². The normalized spacial score (nSPS) is 18.2. The molecule has 1 aliphatic carbocycles. The lowest BCUT2D eigenvalue weighted by Gasteiger charge is -2.38. The number of anilines is 1. The summed E-state index contributed by atoms with van der Waals surface area (Å²) in [5.74, 6) is 3.29. The van der Waals surface area contributed by atoms with E-state index >= 15 is 0 Å². The Hall–Kier alpha value is -4.01. The van der Waals surface area contributed by atoms with E-state index in [0.29, 0.717) is 52.3 Å². The molecule has 0 bridgehead atoms. The van der Waals surface area contributed by atoms with Gasteiger partial charge in [-0.25, -0.2) is 4.68 Å². The molecule has 5 rings (SSSR count). The number of carbonyl (C=O) groups is 1. The average Bonchev–Trinajstić information content (AvgIpc) is 3.29. The highest BCUT2D eigenvalue weighted by Crippen LogP contribution is 2.48. The van der Waals surface area contributed by atoms with Gasteiger partial charge in [-0.05, 0) is 30.0 Å². The second-order valence-corrected chi connectivity index (χ2v) is 9.72. The fourth-order valence-corrected chi connectivity index (χ4v) is 5.12. The number of ether oxygens (including phenoxy) is 4. The molecule has 3 aromatic rings. The lowest BCUT2D eigenvalue weighted by atomic mass is 9.73. The van der Waals surface area contributed by atoms with Gasteiger partial charge in [0.25, 0.3) is 0 Å². The average molecular weight is 491 g/mol. The lowest BCUT2D eigenvalue weighted by Crippen LogP contribution is -2.36. The number of methoxy groups -OCH3 is 4. The summed E-state index contributed by atoms with van der Waals surface area (Å²) in [6.07, 6.45) is 1.19. The summed E-state index contributed by atoms with van der Waals surface area (Å²) >= 11 is 0. The first kappa shape index (κ1) is 23.7. The molecule has 1 atom stereocenters. The van der Waals surface area contributed by atoms with Gasteiger partial charge >= 0.3 is 0 Å². The van der Waals surface area contributed by atoms with E-state index in [1.54, 1.807) is 33.1 Å². The van der Waals surface area contributed by atoms with E-state index in [0.717, 1.165) is 17.7 Å². The summed E-state index contributed by atoms with van der Waals surface area (Å²) in [6, 6.07) is 10.9. The highest BCUT2D eigenvalue weighted by Gasteiger charge is 2.42. The molecule has 9 nitrogen and oxygen atoms in total. The second-order valence-electron chi connectivity index (χ2n) is 9.72. The van der Waals surface area contributed by atoms with Crippen molar-refractivity contribution >= 4 is 11.7 Å². The molecule has 188 valence electrons. The predicted molar refractivity (Wildman–Crippen MR) is 135 cm³/mol. The SMILES string of the molecule is COc1ccccc1[C@H]1C2=C(CC(C)(C)CC2=O)Nc2nc(-c3cc(OC)c(OC)c(OC)c3)nn21. The van der Waals surface area contributed by atoms with E-state index in [1.165, 1.54) is 0 Å². The number of hydrogen-bond donors (Lipinski definition) is 1. The number of allylic oxidation sites excluding steroid dienone is 2. The Morgan fingerprint density at radius 2 is 1.61 bits per heavy atom. The van der Waals surface area contributed by atoms with Crippen LogP contribution in [0.1, 0.15) is 38.3 Å². The molecule has 2 heterocycles. The van der Waals surface area contributed by atoms with Crippen LogP contribution in [0.4, 0.5) is 5.95 Å². The molecule has 2 aromatic carbocycles. The van der Waals surface area contributed by atoms with Gasteiger partial charge in [-0.15, -0.1) is 5.10 Å². The molecule has 0 spiro atoms. The molecule has 0 unspecified atom stereocenters. The number of nitrogens with one attached hydrogen (secondary N) is 1. The van der Waals surface area contributed by atoms with Crippen LogP contribution in [0.2, 0.25) is 0 Å². The first-order valence-corrected chi connectivity index (χ1v) is 11.7. The molecule has 0 saturated heterocycles. The number of benzene rings is 2. The first-order chi connectivity index (χ1) is 17.3. The quantitative estimate of drug-likeness (QED) is 0.534. The molecule has 0 amide bonds. The van der Waals surface area contributed by atoms with Crippen LogP contribution in [0, 0.1) is 5.41 Å². The summed E-state index contributed by atoms with van der Waals surface area (Å²) in [4.78, 5) is 18.3. The topological polar surface area (TPSA) is 96.7 Å². The van der Waals surface area contributed by atoms with E-state index in [1.807, 2.05) is 36.4 Å². The summed E-state index contributed by atoms with van der Waals surface area (Å²) in [6.45, 7) is 4.21. The zero-order valence-electron chi connectivity index (χ0n) is 21.3. The monoisotopic (exact) mass is 490 g/mol. The van der Waals surface area contributed by atoms with Gasteiger partial charge in [-0.1, -0.05) is 32.0 Å². The number of para-hydroxylation sites is 1. The molecule has 2 aliphatic rings. The molecule has 9 heteroatoms. The number of aromatic nitrogens is 3. The number of fused-ring (bicyclic) bond motifs is 1. The number of Topliss-reactive ketones (excluding diaryl/α,β-unsaturated/α-hetero) is 1. The summed E-state index contributed by atoms with van der Waals surface area (Å²) in [5, 5.41) is 8.28. The van der Waals surface area contributed by atoms with Gasteiger partial charge in [0.2, 0.25) is 11.7 Å². The highest BCUT2D eigenvalue weighted by molar-refractivity contribution is 6.00. The largest absolute Gasteiger partial charge is 0.496 e. The Labute approximate surface area is 210 Å². The maximum atomic E-state index is 13.5. The van der Waals surface area contributed by atoms with Crippen LogP contribution in [-0.2, 0) is 4.79 Å². The van der Waals surface area contributed by atoms with Crippen molar-refractivity contribution in [1.82, 2.24) is 14.8 Å². The first-order valence-electron chi connectivity index (χ1n) is 11.7. The van der Waals surface area contributed by atoms with Crippen LogP contribution in [0.5, 0.6) is 23.0 Å². The fraction of sp³-hybridized carbons (Fsp3) is 0.370. The number of hydrogen-bond acceptors (Lipinski definition) is 8. The molecule has 1 aliphatic heterocycles. The zero-order chi connectivity index (χ0) is 25.6. The molecule has 0 fully saturated rings. The van der Waals surface area contributed by atoms with Crippen molar-refractivity contribution in [3.63, 3.8) is 0 Å². The van der Waals surface area contributed by atoms with Gasteiger partial charge in [0.15, 0.2) is 23.1 Å². The Kier molecular flexibility index (Phi) is 5.86. The maximum absolute atomic E-state index is 13.5. The zero-order valence-corrected chi connectivity index (χ0v) is 21.3. The Bertz CT molecular complexity index is 1350. The van der Waals surface area contributed by atoms with Crippen LogP contribution in [0.15, 0.2) is 47.7 Å². The molecule has 0 radical (unpaired) electrons. The third-order valence-electron chi connectivity index (χ3n) is 6.69. The van der Waals surface area contributed by atoms with Crippen molar-refractivity contribution in [3.05, 3.63) is 53.2 Å². The summed E-state index contributed by atoms with van der Waals surface area (Å²) in [7, 11) is 6.32. The van der Waals surface area contributed by atoms with Crippen molar-refractivity contribution in [2.45, 2.75) is 32.7 Å². The molecule has 36 heavy (non-hydrogen) atoms. The summed E-state index contributed by atoms with van der Waals surface area (Å²) in [5.41, 5.74) is 2.97. The van der Waals surface area contributed by atoms with E-state index < -0.39 is 6.04 Å². The Balaban J connectivity index is 1.70. The Morgan fingerprint density at radius 3 is 2.25 bits per heavy atom. The standard InChI is InChI=1S/C27H30N4O5/c1-27(2)13-17-22(18(32)14-27)23(16-9-7-8-10-19(16)33-3)31-26(28-17)29-25(30-31)15-11-20(34-4)24(36-6)21(12-15)35-5/h7-12,23H,13-14H2,1-6H3,(H,28,29,30)/t23-/m0/s1. The van der Waals surface area contributed by atoms with Crippen molar-refractivity contribution in [2.24, 2.45) is 5.41 Å². The maximum Gasteiger partial charge on any atom is 0.226 e. The summed E-state index contributed by atoms with van der Waals surface area (Å²) < 4.78 is 24.0. The lowest BCUT2D eigenvalue weighted by molar-refractivity contribution is -0.118. The highest BCUT2D eigenvalue weighted by atomic mass is 16.5. The van der Waals surface area contributed by atoms with E-state index in [-0.39, 0.29) is 11.2 Å². The molecule has 1 aromatic heterocycles. The molecular weight excluding hydrogens is 460 g/mol. The minimum absolute atomic E-state index is 0.0974. The third kappa shape index (κ3) is 3.84. The predicted octanol–water partition coefficient (Wildman–Crippen LogP) is 4.64. The molecule has 1 N–H and O–H groups in total. The second kappa shape index (κ2) is 8.89. The minimum atomic E-state index is -0.473. The van der Waals surface area contributed by atoms with Gasteiger partial charge < -0.3 is 24.3 Å². The third-order valence-corrected chi connectivity index (χ3v) is 6.69. The van der Waals surface area contributed by atoms with Crippen molar-refractivity contribution < 1.29 is 23.7 Å². The smallest absolute Gasteiger partial charge is 0.226 e. The Morgan fingerprint density at radius 1 is 0.944 bits per heavy atom. The minimum Gasteiger partial charge on any atom is -0.496 e. The number of carbonyl (C=O) groups excluding carboxylic acids is 1. The van der Waals surface area contributed by atoms with E-state index in [9.17, 15) is 4.79 Å². The van der Waals surface area contributed by atoms with Crippen LogP contribution in [0.3, 0.4) is 0 Å². The fourth-order valence-electron chi connectivity index (χ4n) is 5.12. The van der Waals surface area contributed by atoms with Gasteiger partial charge in [0.1, 0.15) is 11.8 Å². The van der Waals surface area contributed by atoms with Crippen molar-refractivity contribution in [2.75, 3.05) is 33.8 Å². The van der Waals surface area contributed by atoms with Gasteiger partial charge in [-0.3, -0.25) is 4.79 Å². The number of nitrogens with zero attached hydrogens (tertiary/aromatic N) is 3. The number of ketones is 1. The van der Waals surface area contributed by atoms with Crippen molar-refractivity contribution in [1.29, 1.82) is 0 Å². The van der Waals surface area contributed by atoms with Gasteiger partial charge in [0.05, 0.1) is 28.4 Å². The van der Waals surface area contributed by atoms with Crippen LogP contribution >= 0.6 is 0 Å². The van der Waals surface area contributed by atoms with E-state index in [2.05, 4.69) is 19.2 Å². The molecular formula is C27H30N4O5. The van der Waals surface area contributed by atoms with Gasteiger partial charge in [0, 0.05) is 28.8 Å².